The highest BCUT2D eigenvalue weighted by Crippen LogP contribution is 2.31. The van der Waals surface area contributed by atoms with Crippen molar-refractivity contribution in [2.45, 2.75) is 12.7 Å². The molecule has 2 aromatic rings. The lowest BCUT2D eigenvalue weighted by atomic mass is 10.1. The number of carbonyl (C=O) groups excluding carboxylic acids is 2. The minimum atomic E-state index is -5.50. The molecule has 0 aliphatic carbocycles. The summed E-state index contributed by atoms with van der Waals surface area (Å²) in [5.74, 6) is -8.92. The van der Waals surface area contributed by atoms with Gasteiger partial charge in [0.15, 0.2) is 11.6 Å². The second-order valence-electron chi connectivity index (χ2n) is 5.21. The van der Waals surface area contributed by atoms with Crippen molar-refractivity contribution < 1.29 is 40.7 Å². The van der Waals surface area contributed by atoms with E-state index in [1.165, 1.54) is 6.07 Å². The van der Waals surface area contributed by atoms with Gasteiger partial charge in [-0.3, -0.25) is 0 Å². The van der Waals surface area contributed by atoms with Gasteiger partial charge in [-0.15, -0.1) is 0 Å². The summed E-state index contributed by atoms with van der Waals surface area (Å²) in [6.45, 7) is -0.617. The van der Waals surface area contributed by atoms with Gasteiger partial charge in [0, 0.05) is 15.7 Å². The highest BCUT2D eigenvalue weighted by molar-refractivity contribution is 14.1. The molecule has 2 aromatic carbocycles. The molecule has 150 valence electrons. The van der Waals surface area contributed by atoms with Crippen molar-refractivity contribution in [3.63, 3.8) is 0 Å². The topological polar surface area (TPSA) is 81.4 Å². The minimum absolute atomic E-state index is 0.407. The maximum Gasteiger partial charge on any atom is 0.491 e. The quantitative estimate of drug-likeness (QED) is 0.275. The van der Waals surface area contributed by atoms with E-state index in [4.69, 9.17) is 5.73 Å². The molecule has 0 spiro atoms. The van der Waals surface area contributed by atoms with E-state index in [1.54, 1.807) is 22.6 Å². The number of carbonyl (C=O) groups is 2. The fourth-order valence-electron chi connectivity index (χ4n) is 2.03. The van der Waals surface area contributed by atoms with Gasteiger partial charge in [0.05, 0.1) is 16.9 Å². The normalized spacial score (nSPS) is 11.3. The van der Waals surface area contributed by atoms with Crippen LogP contribution in [0.4, 0.5) is 37.7 Å². The molecule has 0 saturated carbocycles. The van der Waals surface area contributed by atoms with E-state index in [9.17, 15) is 35.9 Å². The first kappa shape index (κ1) is 21.9. The Morgan fingerprint density at radius 3 is 2.29 bits per heavy atom. The van der Waals surface area contributed by atoms with Crippen LogP contribution in [-0.2, 0) is 16.1 Å². The highest BCUT2D eigenvalue weighted by atomic mass is 127. The molecule has 0 saturated heterocycles. The molecule has 0 heterocycles. The van der Waals surface area contributed by atoms with Gasteiger partial charge in [-0.1, -0.05) is 0 Å². The zero-order valence-corrected chi connectivity index (χ0v) is 15.6. The van der Waals surface area contributed by atoms with Gasteiger partial charge < -0.3 is 15.8 Å². The summed E-state index contributed by atoms with van der Waals surface area (Å²) in [6, 6.07) is 4.15. The Morgan fingerprint density at radius 2 is 1.75 bits per heavy atom. The van der Waals surface area contributed by atoms with Crippen LogP contribution in [0.2, 0.25) is 0 Å². The monoisotopic (exact) mass is 518 g/mol. The van der Waals surface area contributed by atoms with Crippen molar-refractivity contribution in [2.24, 2.45) is 5.73 Å². The maximum atomic E-state index is 14.4. The van der Waals surface area contributed by atoms with Crippen LogP contribution in [0.1, 0.15) is 15.9 Å². The highest BCUT2D eigenvalue weighted by Gasteiger charge is 2.43. The molecule has 5 nitrogen and oxygen atoms in total. The zero-order valence-electron chi connectivity index (χ0n) is 13.5. The second kappa shape index (κ2) is 8.34. The lowest BCUT2D eigenvalue weighted by Gasteiger charge is -2.16. The van der Waals surface area contributed by atoms with Crippen LogP contribution in [-0.4, -0.2) is 18.1 Å². The van der Waals surface area contributed by atoms with Crippen LogP contribution in [0, 0.1) is 21.0 Å². The van der Waals surface area contributed by atoms with E-state index in [0.717, 1.165) is 12.1 Å². The SMILES string of the molecule is NCc1cc(C(=O)OC(=O)C(F)(F)F)c(Nc2ccc(I)cc2F)c(F)c1F. The second-order valence-corrected chi connectivity index (χ2v) is 6.46. The number of hydrogen-bond donors (Lipinski definition) is 2. The van der Waals surface area contributed by atoms with E-state index >= 15 is 0 Å². The van der Waals surface area contributed by atoms with Crippen molar-refractivity contribution >= 4 is 45.9 Å². The van der Waals surface area contributed by atoms with Gasteiger partial charge in [-0.25, -0.2) is 22.8 Å². The summed E-state index contributed by atoms with van der Waals surface area (Å²) in [5.41, 5.74) is 2.24. The van der Waals surface area contributed by atoms with Crippen LogP contribution in [0.5, 0.6) is 0 Å². The summed E-state index contributed by atoms with van der Waals surface area (Å²) in [5, 5.41) is 2.09. The number of halogens is 7. The summed E-state index contributed by atoms with van der Waals surface area (Å²) in [7, 11) is 0. The molecule has 0 unspecified atom stereocenters. The van der Waals surface area contributed by atoms with Gasteiger partial charge in [0.2, 0.25) is 0 Å². The number of hydrogen-bond acceptors (Lipinski definition) is 5. The molecule has 28 heavy (non-hydrogen) atoms. The molecule has 3 N–H and O–H groups in total. The van der Waals surface area contributed by atoms with Crippen molar-refractivity contribution in [1.29, 1.82) is 0 Å². The van der Waals surface area contributed by atoms with E-state index in [1.807, 2.05) is 0 Å². The summed E-state index contributed by atoms with van der Waals surface area (Å²) >= 11 is 1.78. The Labute approximate surface area is 167 Å². The Balaban J connectivity index is 2.55. The molecular formula is C16H9F6IN2O3. The first-order valence-electron chi connectivity index (χ1n) is 7.22. The van der Waals surface area contributed by atoms with Gasteiger partial charge in [-0.05, 0) is 46.9 Å². The van der Waals surface area contributed by atoms with Crippen molar-refractivity contribution in [3.05, 3.63) is 56.4 Å². The Hall–Kier alpha value is -2.35. The molecule has 0 atom stereocenters. The van der Waals surface area contributed by atoms with Crippen molar-refractivity contribution in [3.8, 4) is 0 Å². The Morgan fingerprint density at radius 1 is 1.11 bits per heavy atom. The number of rotatable bonds is 4. The van der Waals surface area contributed by atoms with Gasteiger partial charge in [0.25, 0.3) is 0 Å². The molecule has 0 aliphatic heterocycles. The molecule has 0 amide bonds. The van der Waals surface area contributed by atoms with E-state index in [-0.39, 0.29) is 0 Å². The van der Waals surface area contributed by atoms with Crippen molar-refractivity contribution in [2.75, 3.05) is 5.32 Å². The third-order valence-electron chi connectivity index (χ3n) is 3.33. The molecule has 0 aromatic heterocycles. The standard InChI is InChI=1S/C16H9F6IN2O3/c17-9-4-7(23)1-2-10(9)25-13-8(3-6(5-24)11(18)12(13)19)14(26)28-15(27)16(20,21)22/h1-4,25H,5,24H2. The zero-order chi connectivity index (χ0) is 21.2. The summed E-state index contributed by atoms with van der Waals surface area (Å²) in [6.07, 6.45) is -5.50. The lowest BCUT2D eigenvalue weighted by Crippen LogP contribution is -2.28. The number of ether oxygens (including phenoxy) is 1. The molecule has 0 radical (unpaired) electrons. The van der Waals surface area contributed by atoms with E-state index < -0.39 is 64.6 Å². The predicted molar refractivity (Wildman–Crippen MR) is 93.1 cm³/mol. The molecule has 0 fully saturated rings. The number of nitrogens with two attached hydrogens (primary N) is 1. The first-order valence-corrected chi connectivity index (χ1v) is 8.30. The van der Waals surface area contributed by atoms with Crippen LogP contribution >= 0.6 is 22.6 Å². The average Bonchev–Trinajstić information content (AvgIpc) is 2.60. The lowest BCUT2D eigenvalue weighted by molar-refractivity contribution is -0.193. The van der Waals surface area contributed by atoms with Gasteiger partial charge >= 0.3 is 18.1 Å². The third-order valence-corrected chi connectivity index (χ3v) is 4.00. The number of esters is 2. The maximum absolute atomic E-state index is 14.4. The fraction of sp³-hybridized carbons (Fsp3) is 0.125. The minimum Gasteiger partial charge on any atom is -0.383 e. The Bertz CT molecular complexity index is 949. The van der Waals surface area contributed by atoms with E-state index in [0.29, 0.717) is 9.64 Å². The van der Waals surface area contributed by atoms with Crippen LogP contribution in [0.3, 0.4) is 0 Å². The number of benzene rings is 2. The third kappa shape index (κ3) is 4.73. The number of alkyl halides is 3. The predicted octanol–water partition coefficient (Wildman–Crippen LogP) is 4.16. The van der Waals surface area contributed by atoms with Crippen LogP contribution < -0.4 is 11.1 Å². The molecular weight excluding hydrogens is 509 g/mol. The van der Waals surface area contributed by atoms with Crippen LogP contribution in [0.25, 0.3) is 0 Å². The number of anilines is 2. The number of nitrogens with one attached hydrogen (secondary N) is 1. The smallest absolute Gasteiger partial charge is 0.383 e. The average molecular weight is 518 g/mol. The van der Waals surface area contributed by atoms with Gasteiger partial charge in [-0.2, -0.15) is 13.2 Å². The summed E-state index contributed by atoms with van der Waals surface area (Å²) < 4.78 is 83.5. The molecule has 0 aliphatic rings. The first-order chi connectivity index (χ1) is 13.0. The molecule has 12 heteroatoms. The molecule has 2 rings (SSSR count). The fourth-order valence-corrected chi connectivity index (χ4v) is 2.49. The largest absolute Gasteiger partial charge is 0.491 e. The van der Waals surface area contributed by atoms with Gasteiger partial charge in [0.1, 0.15) is 5.82 Å². The van der Waals surface area contributed by atoms with Crippen molar-refractivity contribution in [1.82, 2.24) is 0 Å². The Kier molecular flexibility index (Phi) is 6.54. The molecule has 0 bridgehead atoms. The van der Waals surface area contributed by atoms with E-state index in [2.05, 4.69) is 10.1 Å². The van der Waals surface area contributed by atoms with Crippen LogP contribution in [0.15, 0.2) is 24.3 Å². The summed E-state index contributed by atoms with van der Waals surface area (Å²) in [4.78, 5) is 22.8.